The molecule has 1 aromatic rings. The molecule has 1 aromatic carbocycles. The first-order valence-corrected chi connectivity index (χ1v) is 11.6. The van der Waals surface area contributed by atoms with E-state index in [0.717, 1.165) is 24.8 Å². The largest absolute Gasteiger partial charge is 0.361 e. The Kier molecular flexibility index (Phi) is 10.8. The highest BCUT2D eigenvalue weighted by molar-refractivity contribution is 7.89. The molecule has 0 aliphatic carbocycles. The lowest BCUT2D eigenvalue weighted by Crippen LogP contribution is -2.50. The molecule has 0 spiro atoms. The SMILES string of the molecule is CCCCCCCCCCS(=O)(=O)NC(C)C(O)(O)/C=C/c1ccccc1. The van der Waals surface area contributed by atoms with Crippen molar-refractivity contribution in [3.05, 3.63) is 42.0 Å². The van der Waals surface area contributed by atoms with E-state index in [1.54, 1.807) is 6.08 Å². The Morgan fingerprint density at radius 1 is 1.00 bits per heavy atom. The molecule has 27 heavy (non-hydrogen) atoms. The van der Waals surface area contributed by atoms with Crippen molar-refractivity contribution < 1.29 is 18.6 Å². The maximum absolute atomic E-state index is 12.2. The minimum atomic E-state index is -3.55. The fraction of sp³-hybridized carbons (Fsp3) is 0.619. The van der Waals surface area contributed by atoms with Gasteiger partial charge in [-0.3, -0.25) is 0 Å². The fourth-order valence-corrected chi connectivity index (χ4v) is 4.18. The summed E-state index contributed by atoms with van der Waals surface area (Å²) in [5.74, 6) is -2.26. The molecule has 5 nitrogen and oxygen atoms in total. The highest BCUT2D eigenvalue weighted by atomic mass is 32.2. The van der Waals surface area contributed by atoms with Crippen molar-refractivity contribution in [3.8, 4) is 0 Å². The van der Waals surface area contributed by atoms with E-state index in [0.29, 0.717) is 6.42 Å². The molecule has 0 saturated carbocycles. The van der Waals surface area contributed by atoms with Gasteiger partial charge in [0, 0.05) is 0 Å². The number of benzene rings is 1. The van der Waals surface area contributed by atoms with Crippen LogP contribution in [0.15, 0.2) is 36.4 Å². The molecular weight excluding hydrogens is 362 g/mol. The summed E-state index contributed by atoms with van der Waals surface area (Å²) < 4.78 is 26.7. The predicted octanol–water partition coefficient (Wildman–Crippen LogP) is 3.83. The summed E-state index contributed by atoms with van der Waals surface area (Å²) in [7, 11) is -3.55. The molecule has 0 aliphatic rings. The van der Waals surface area contributed by atoms with Gasteiger partial charge in [-0.05, 0) is 25.0 Å². The third-order valence-electron chi connectivity index (χ3n) is 4.58. The number of aliphatic hydroxyl groups is 2. The molecule has 6 heteroatoms. The van der Waals surface area contributed by atoms with E-state index < -0.39 is 21.9 Å². The van der Waals surface area contributed by atoms with Crippen LogP contribution >= 0.6 is 0 Å². The molecule has 0 fully saturated rings. The Labute approximate surface area is 164 Å². The average Bonchev–Trinajstić information content (AvgIpc) is 2.63. The molecule has 1 rings (SSSR count). The van der Waals surface area contributed by atoms with Crippen molar-refractivity contribution in [1.29, 1.82) is 0 Å². The molecule has 0 radical (unpaired) electrons. The van der Waals surface area contributed by atoms with Crippen LogP contribution in [0.25, 0.3) is 6.08 Å². The van der Waals surface area contributed by atoms with Gasteiger partial charge in [-0.2, -0.15) is 0 Å². The van der Waals surface area contributed by atoms with Crippen molar-refractivity contribution in [3.63, 3.8) is 0 Å². The lowest BCUT2D eigenvalue weighted by molar-refractivity contribution is -0.133. The lowest BCUT2D eigenvalue weighted by atomic mass is 10.1. The maximum Gasteiger partial charge on any atom is 0.212 e. The summed E-state index contributed by atoms with van der Waals surface area (Å²) in [5.41, 5.74) is 0.805. The van der Waals surface area contributed by atoms with Gasteiger partial charge in [-0.15, -0.1) is 0 Å². The highest BCUT2D eigenvalue weighted by Gasteiger charge is 2.31. The van der Waals surface area contributed by atoms with Gasteiger partial charge < -0.3 is 10.2 Å². The Bertz CT molecular complexity index is 641. The summed E-state index contributed by atoms with van der Waals surface area (Å²) in [6, 6.07) is 8.15. The second kappa shape index (κ2) is 12.3. The van der Waals surface area contributed by atoms with Gasteiger partial charge in [-0.1, -0.05) is 88.3 Å². The molecule has 0 amide bonds. The number of sulfonamides is 1. The van der Waals surface area contributed by atoms with Crippen LogP contribution in [0.1, 0.15) is 70.8 Å². The van der Waals surface area contributed by atoms with E-state index in [-0.39, 0.29) is 5.75 Å². The molecule has 0 aromatic heterocycles. The quantitative estimate of drug-likeness (QED) is 0.329. The van der Waals surface area contributed by atoms with Gasteiger partial charge >= 0.3 is 0 Å². The second-order valence-electron chi connectivity index (χ2n) is 7.16. The molecule has 1 atom stereocenters. The zero-order chi connectivity index (χ0) is 20.2. The second-order valence-corrected chi connectivity index (χ2v) is 9.03. The average molecular weight is 398 g/mol. The van der Waals surface area contributed by atoms with E-state index in [4.69, 9.17) is 0 Å². The molecule has 0 aliphatic heterocycles. The molecule has 1 unspecified atom stereocenters. The number of rotatable bonds is 14. The van der Waals surface area contributed by atoms with Crippen LogP contribution in [-0.4, -0.2) is 36.2 Å². The first kappa shape index (κ1) is 23.8. The molecule has 0 bridgehead atoms. The first-order valence-electron chi connectivity index (χ1n) is 9.96. The normalized spacial score (nSPS) is 13.9. The Morgan fingerprint density at radius 3 is 2.15 bits per heavy atom. The van der Waals surface area contributed by atoms with Crippen LogP contribution in [-0.2, 0) is 10.0 Å². The van der Waals surface area contributed by atoms with Crippen LogP contribution in [0.2, 0.25) is 0 Å². The van der Waals surface area contributed by atoms with Crippen LogP contribution in [0.4, 0.5) is 0 Å². The van der Waals surface area contributed by atoms with Crippen LogP contribution < -0.4 is 4.72 Å². The Hall–Kier alpha value is -1.21. The van der Waals surface area contributed by atoms with Crippen LogP contribution in [0.5, 0.6) is 0 Å². The minimum Gasteiger partial charge on any atom is -0.361 e. The summed E-state index contributed by atoms with van der Waals surface area (Å²) >= 11 is 0. The summed E-state index contributed by atoms with van der Waals surface area (Å²) in [6.45, 7) is 3.63. The smallest absolute Gasteiger partial charge is 0.212 e. The number of unbranched alkanes of at least 4 members (excludes halogenated alkanes) is 7. The topological polar surface area (TPSA) is 86.6 Å². The van der Waals surface area contributed by atoms with Crippen molar-refractivity contribution in [2.75, 3.05) is 5.75 Å². The van der Waals surface area contributed by atoms with E-state index in [1.165, 1.54) is 38.7 Å². The molecule has 154 valence electrons. The van der Waals surface area contributed by atoms with Gasteiger partial charge in [0.1, 0.15) is 0 Å². The number of hydrogen-bond donors (Lipinski definition) is 3. The standard InChI is InChI=1S/C21H35NO4S/c1-3-4-5-6-7-8-9-13-18-27(25,26)22-19(2)21(23,24)17-16-20-14-11-10-12-15-20/h10-12,14-17,19,22-24H,3-9,13,18H2,1-2H3/b17-16+. The van der Waals surface area contributed by atoms with E-state index in [2.05, 4.69) is 11.6 Å². The van der Waals surface area contributed by atoms with Crippen LogP contribution in [0, 0.1) is 0 Å². The van der Waals surface area contributed by atoms with Crippen molar-refractivity contribution in [1.82, 2.24) is 4.72 Å². The van der Waals surface area contributed by atoms with Crippen LogP contribution in [0.3, 0.4) is 0 Å². The summed E-state index contributed by atoms with van der Waals surface area (Å²) in [6.07, 6.45) is 11.3. The van der Waals surface area contributed by atoms with E-state index in [9.17, 15) is 18.6 Å². The van der Waals surface area contributed by atoms with Gasteiger partial charge in [0.05, 0.1) is 11.8 Å². The van der Waals surface area contributed by atoms with E-state index in [1.807, 2.05) is 30.3 Å². The van der Waals surface area contributed by atoms with E-state index >= 15 is 0 Å². The van der Waals surface area contributed by atoms with Crippen molar-refractivity contribution in [2.45, 2.75) is 77.0 Å². The van der Waals surface area contributed by atoms with Gasteiger partial charge in [-0.25, -0.2) is 13.1 Å². The summed E-state index contributed by atoms with van der Waals surface area (Å²) in [4.78, 5) is 0. The predicted molar refractivity (Wildman–Crippen MR) is 112 cm³/mol. The van der Waals surface area contributed by atoms with Gasteiger partial charge in [0.2, 0.25) is 10.0 Å². The number of nitrogens with one attached hydrogen (secondary N) is 1. The van der Waals surface area contributed by atoms with Gasteiger partial charge in [0.25, 0.3) is 0 Å². The third kappa shape index (κ3) is 10.6. The molecular formula is C21H35NO4S. The minimum absolute atomic E-state index is 0.00474. The maximum atomic E-state index is 12.2. The monoisotopic (exact) mass is 397 g/mol. The lowest BCUT2D eigenvalue weighted by Gasteiger charge is -2.26. The number of hydrogen-bond acceptors (Lipinski definition) is 4. The molecule has 3 N–H and O–H groups in total. The fourth-order valence-electron chi connectivity index (χ4n) is 2.77. The Morgan fingerprint density at radius 2 is 1.56 bits per heavy atom. The summed E-state index contributed by atoms with van der Waals surface area (Å²) in [5, 5.41) is 20.3. The molecule has 0 heterocycles. The molecule has 0 saturated heterocycles. The zero-order valence-electron chi connectivity index (χ0n) is 16.6. The van der Waals surface area contributed by atoms with Crippen molar-refractivity contribution in [2.24, 2.45) is 0 Å². The van der Waals surface area contributed by atoms with Gasteiger partial charge in [0.15, 0.2) is 5.79 Å². The Balaban J connectivity index is 2.37. The third-order valence-corrected chi connectivity index (χ3v) is 6.12. The first-order chi connectivity index (χ1) is 12.8. The zero-order valence-corrected chi connectivity index (χ0v) is 17.4. The van der Waals surface area contributed by atoms with Crippen molar-refractivity contribution >= 4 is 16.1 Å². The highest BCUT2D eigenvalue weighted by Crippen LogP contribution is 2.14.